The Kier molecular flexibility index (Phi) is 4.55. The monoisotopic (exact) mass is 253 g/mol. The molecule has 1 aliphatic rings. The van der Waals surface area contributed by atoms with Crippen LogP contribution in [0.5, 0.6) is 5.75 Å². The molecule has 1 aromatic carbocycles. The Labute approximate surface area is 107 Å². The van der Waals surface area contributed by atoms with Gasteiger partial charge in [-0.15, -0.1) is 0 Å². The molecule has 0 spiro atoms. The van der Waals surface area contributed by atoms with Crippen LogP contribution in [0.4, 0.5) is 4.39 Å². The van der Waals surface area contributed by atoms with Crippen molar-refractivity contribution in [1.82, 2.24) is 5.32 Å². The summed E-state index contributed by atoms with van der Waals surface area (Å²) < 4.78 is 24.1. The molecule has 18 heavy (non-hydrogen) atoms. The van der Waals surface area contributed by atoms with Gasteiger partial charge < -0.3 is 14.8 Å². The predicted octanol–water partition coefficient (Wildman–Crippen LogP) is 2.66. The second-order valence-corrected chi connectivity index (χ2v) is 4.62. The number of halogens is 1. The molecule has 0 saturated carbocycles. The first-order valence-electron chi connectivity index (χ1n) is 6.43. The highest BCUT2D eigenvalue weighted by Gasteiger charge is 2.28. The van der Waals surface area contributed by atoms with E-state index in [4.69, 9.17) is 9.47 Å². The normalized spacial score (nSPS) is 22.4. The summed E-state index contributed by atoms with van der Waals surface area (Å²) in [6, 6.07) is 4.97. The minimum absolute atomic E-state index is 0.0151. The zero-order valence-corrected chi connectivity index (χ0v) is 10.9. The van der Waals surface area contributed by atoms with Gasteiger partial charge in [0.25, 0.3) is 0 Å². The highest BCUT2D eigenvalue weighted by atomic mass is 19.1. The van der Waals surface area contributed by atoms with Gasteiger partial charge in [0, 0.05) is 31.2 Å². The Bertz CT molecular complexity index is 397. The minimum atomic E-state index is -0.263. The maximum Gasteiger partial charge on any atom is 0.127 e. The van der Waals surface area contributed by atoms with Crippen molar-refractivity contribution in [3.63, 3.8) is 0 Å². The quantitative estimate of drug-likeness (QED) is 0.875. The summed E-state index contributed by atoms with van der Waals surface area (Å²) in [6.45, 7) is 3.60. The fourth-order valence-corrected chi connectivity index (χ4v) is 2.32. The van der Waals surface area contributed by atoms with Crippen LogP contribution >= 0.6 is 0 Å². The van der Waals surface area contributed by atoms with E-state index in [1.807, 2.05) is 0 Å². The molecule has 0 saturated heterocycles. The standard InChI is InChI=1S/C14H20FNO2/c1-3-6-16-13-8-11(9-17-2)18-14-7-10(15)4-5-12(13)14/h4-5,7,11,13,16H,3,6,8-9H2,1-2H3. The lowest BCUT2D eigenvalue weighted by Gasteiger charge is -2.32. The Morgan fingerprint density at radius 2 is 2.33 bits per heavy atom. The van der Waals surface area contributed by atoms with Crippen LogP contribution in [0.2, 0.25) is 0 Å². The lowest BCUT2D eigenvalue weighted by molar-refractivity contribution is 0.0567. The molecule has 2 unspecified atom stereocenters. The molecular formula is C14H20FNO2. The van der Waals surface area contributed by atoms with Crippen molar-refractivity contribution in [2.45, 2.75) is 31.9 Å². The average molecular weight is 253 g/mol. The molecule has 0 bridgehead atoms. The molecule has 2 rings (SSSR count). The van der Waals surface area contributed by atoms with E-state index in [1.54, 1.807) is 13.2 Å². The van der Waals surface area contributed by atoms with Crippen LogP contribution in [0.1, 0.15) is 31.4 Å². The van der Waals surface area contributed by atoms with Crippen LogP contribution in [-0.2, 0) is 4.74 Å². The summed E-state index contributed by atoms with van der Waals surface area (Å²) in [5.41, 5.74) is 1.04. The summed E-state index contributed by atoms with van der Waals surface area (Å²) in [6.07, 6.45) is 1.91. The van der Waals surface area contributed by atoms with Gasteiger partial charge in [-0.2, -0.15) is 0 Å². The van der Waals surface area contributed by atoms with E-state index in [2.05, 4.69) is 12.2 Å². The molecule has 1 aliphatic heterocycles. The molecule has 4 heteroatoms. The summed E-state index contributed by atoms with van der Waals surface area (Å²) >= 11 is 0. The van der Waals surface area contributed by atoms with Crippen molar-refractivity contribution in [3.05, 3.63) is 29.6 Å². The van der Waals surface area contributed by atoms with Crippen LogP contribution in [0.15, 0.2) is 18.2 Å². The first-order valence-corrected chi connectivity index (χ1v) is 6.43. The average Bonchev–Trinajstić information content (AvgIpc) is 2.35. The lowest BCUT2D eigenvalue weighted by atomic mass is 9.96. The van der Waals surface area contributed by atoms with E-state index < -0.39 is 0 Å². The van der Waals surface area contributed by atoms with Crippen molar-refractivity contribution in [3.8, 4) is 5.75 Å². The van der Waals surface area contributed by atoms with Crippen LogP contribution in [0.3, 0.4) is 0 Å². The summed E-state index contributed by atoms with van der Waals surface area (Å²) in [5, 5.41) is 3.48. The number of hydrogen-bond acceptors (Lipinski definition) is 3. The number of methoxy groups -OCH3 is 1. The number of ether oxygens (including phenoxy) is 2. The molecule has 3 nitrogen and oxygen atoms in total. The smallest absolute Gasteiger partial charge is 0.127 e. The van der Waals surface area contributed by atoms with E-state index in [0.29, 0.717) is 12.4 Å². The molecule has 1 heterocycles. The Morgan fingerprint density at radius 1 is 1.50 bits per heavy atom. The topological polar surface area (TPSA) is 30.5 Å². The largest absolute Gasteiger partial charge is 0.487 e. The maximum atomic E-state index is 13.3. The van der Waals surface area contributed by atoms with Gasteiger partial charge in [-0.25, -0.2) is 4.39 Å². The SMILES string of the molecule is CCCNC1CC(COC)Oc2cc(F)ccc21. The van der Waals surface area contributed by atoms with Crippen molar-refractivity contribution in [2.75, 3.05) is 20.3 Å². The summed E-state index contributed by atoms with van der Waals surface area (Å²) in [4.78, 5) is 0. The van der Waals surface area contributed by atoms with Gasteiger partial charge in [0.2, 0.25) is 0 Å². The third-order valence-electron chi connectivity index (χ3n) is 3.14. The van der Waals surface area contributed by atoms with Crippen LogP contribution in [-0.4, -0.2) is 26.4 Å². The van der Waals surface area contributed by atoms with E-state index in [-0.39, 0.29) is 18.0 Å². The van der Waals surface area contributed by atoms with E-state index in [1.165, 1.54) is 12.1 Å². The highest BCUT2D eigenvalue weighted by Crippen LogP contribution is 2.35. The Balaban J connectivity index is 2.19. The second kappa shape index (κ2) is 6.16. The number of fused-ring (bicyclic) bond motifs is 1. The Morgan fingerprint density at radius 3 is 3.06 bits per heavy atom. The predicted molar refractivity (Wildman–Crippen MR) is 68.3 cm³/mol. The van der Waals surface area contributed by atoms with Gasteiger partial charge in [-0.1, -0.05) is 13.0 Å². The second-order valence-electron chi connectivity index (χ2n) is 4.62. The Hall–Kier alpha value is -1.13. The molecule has 0 radical (unpaired) electrons. The molecule has 2 atom stereocenters. The number of benzene rings is 1. The summed E-state index contributed by atoms with van der Waals surface area (Å²) in [5.74, 6) is 0.373. The third kappa shape index (κ3) is 3.00. The van der Waals surface area contributed by atoms with E-state index >= 15 is 0 Å². The van der Waals surface area contributed by atoms with Gasteiger partial charge in [-0.05, 0) is 19.0 Å². The molecule has 1 N–H and O–H groups in total. The molecule has 1 aromatic rings. The number of hydrogen-bond donors (Lipinski definition) is 1. The molecule has 0 aromatic heterocycles. The number of rotatable bonds is 5. The van der Waals surface area contributed by atoms with Gasteiger partial charge in [0.15, 0.2) is 0 Å². The van der Waals surface area contributed by atoms with Gasteiger partial charge >= 0.3 is 0 Å². The fraction of sp³-hybridized carbons (Fsp3) is 0.571. The van der Waals surface area contributed by atoms with Crippen molar-refractivity contribution in [2.24, 2.45) is 0 Å². The van der Waals surface area contributed by atoms with Gasteiger partial charge in [0.1, 0.15) is 17.7 Å². The molecule has 0 amide bonds. The van der Waals surface area contributed by atoms with Gasteiger partial charge in [0.05, 0.1) is 6.61 Å². The third-order valence-corrected chi connectivity index (χ3v) is 3.14. The van der Waals surface area contributed by atoms with Crippen LogP contribution in [0.25, 0.3) is 0 Å². The van der Waals surface area contributed by atoms with E-state index in [0.717, 1.165) is 24.9 Å². The highest BCUT2D eigenvalue weighted by molar-refractivity contribution is 5.38. The van der Waals surface area contributed by atoms with Crippen molar-refractivity contribution < 1.29 is 13.9 Å². The first-order chi connectivity index (χ1) is 8.74. The molecule has 0 fully saturated rings. The fourth-order valence-electron chi connectivity index (χ4n) is 2.32. The minimum Gasteiger partial charge on any atom is -0.487 e. The van der Waals surface area contributed by atoms with Crippen molar-refractivity contribution >= 4 is 0 Å². The maximum absolute atomic E-state index is 13.3. The van der Waals surface area contributed by atoms with Gasteiger partial charge in [-0.3, -0.25) is 0 Å². The molecular weight excluding hydrogens is 233 g/mol. The van der Waals surface area contributed by atoms with E-state index in [9.17, 15) is 4.39 Å². The van der Waals surface area contributed by atoms with Crippen LogP contribution < -0.4 is 10.1 Å². The number of nitrogens with one attached hydrogen (secondary N) is 1. The van der Waals surface area contributed by atoms with Crippen molar-refractivity contribution in [1.29, 1.82) is 0 Å². The first kappa shape index (κ1) is 13.3. The summed E-state index contributed by atoms with van der Waals surface area (Å²) in [7, 11) is 1.65. The lowest BCUT2D eigenvalue weighted by Crippen LogP contribution is -2.35. The molecule has 100 valence electrons. The molecule has 0 aliphatic carbocycles. The zero-order chi connectivity index (χ0) is 13.0. The van der Waals surface area contributed by atoms with Crippen LogP contribution in [0, 0.1) is 5.82 Å². The zero-order valence-electron chi connectivity index (χ0n) is 10.9.